The van der Waals surface area contributed by atoms with Crippen molar-refractivity contribution in [1.82, 2.24) is 0 Å². The number of nitro benzene ring substituents is 1. The molecule has 1 aromatic carbocycles. The lowest BCUT2D eigenvalue weighted by Crippen LogP contribution is -2.15. The Morgan fingerprint density at radius 1 is 1.58 bits per heavy atom. The van der Waals surface area contributed by atoms with E-state index in [-0.39, 0.29) is 18.0 Å². The molecule has 0 radical (unpaired) electrons. The Morgan fingerprint density at radius 2 is 2.26 bits per heavy atom. The lowest BCUT2D eigenvalue weighted by atomic mass is 10.2. The second-order valence-corrected chi connectivity index (χ2v) is 3.45. The van der Waals surface area contributed by atoms with Gasteiger partial charge in [-0.05, 0) is 26.0 Å². The topological polar surface area (TPSA) is 93.8 Å². The van der Waals surface area contributed by atoms with Gasteiger partial charge in [0.25, 0.3) is 5.69 Å². The predicted octanol–water partition coefficient (Wildman–Crippen LogP) is 2.08. The van der Waals surface area contributed by atoms with Crippen molar-refractivity contribution in [3.63, 3.8) is 0 Å². The van der Waals surface area contributed by atoms with Crippen LogP contribution in [0.3, 0.4) is 0 Å². The van der Waals surface area contributed by atoms with Crippen molar-refractivity contribution in [1.29, 1.82) is 0 Å². The molecule has 0 fully saturated rings. The first kappa shape index (κ1) is 14.6. The van der Waals surface area contributed by atoms with Crippen LogP contribution in [0.15, 0.2) is 23.3 Å². The van der Waals surface area contributed by atoms with Gasteiger partial charge in [0.05, 0.1) is 17.6 Å². The molecule has 0 saturated heterocycles. The monoisotopic (exact) mass is 269 g/mol. The number of benzene rings is 1. The lowest BCUT2D eigenvalue weighted by Gasteiger charge is -2.04. The first-order chi connectivity index (χ1) is 8.95. The van der Waals surface area contributed by atoms with Gasteiger partial charge in [-0.1, -0.05) is 0 Å². The fraction of sp³-hybridized carbons (Fsp3) is 0.273. The molecule has 0 bridgehead atoms. The van der Waals surface area contributed by atoms with Gasteiger partial charge in [-0.3, -0.25) is 15.5 Å². The summed E-state index contributed by atoms with van der Waals surface area (Å²) >= 11 is 0. The largest absolute Gasteiger partial charge is 0.461 e. The van der Waals surface area contributed by atoms with Crippen LogP contribution in [0.5, 0.6) is 0 Å². The average Bonchev–Trinajstić information content (AvgIpc) is 2.36. The van der Waals surface area contributed by atoms with Gasteiger partial charge < -0.3 is 4.74 Å². The molecule has 1 aromatic rings. The Morgan fingerprint density at radius 3 is 2.84 bits per heavy atom. The van der Waals surface area contributed by atoms with Crippen LogP contribution < -0.4 is 5.43 Å². The summed E-state index contributed by atoms with van der Waals surface area (Å²) in [6.07, 6.45) is 0. The summed E-state index contributed by atoms with van der Waals surface area (Å²) in [5.74, 6) is -1.37. The molecule has 0 amide bonds. The number of nitrogens with one attached hydrogen (secondary N) is 1. The highest BCUT2D eigenvalue weighted by Gasteiger charge is 2.15. The molecule has 0 unspecified atom stereocenters. The third-order valence-corrected chi connectivity index (χ3v) is 2.07. The summed E-state index contributed by atoms with van der Waals surface area (Å²) < 4.78 is 17.6. The van der Waals surface area contributed by atoms with Crippen LogP contribution >= 0.6 is 0 Å². The Labute approximate surface area is 108 Å². The van der Waals surface area contributed by atoms with Gasteiger partial charge in [-0.15, -0.1) is 0 Å². The molecule has 8 heteroatoms. The highest BCUT2D eigenvalue weighted by atomic mass is 19.1. The minimum Gasteiger partial charge on any atom is -0.461 e. The Kier molecular flexibility index (Phi) is 4.92. The zero-order valence-corrected chi connectivity index (χ0v) is 10.3. The third-order valence-electron chi connectivity index (χ3n) is 2.07. The number of anilines is 1. The molecular formula is C11H12FN3O4. The van der Waals surface area contributed by atoms with Crippen LogP contribution in [0.4, 0.5) is 15.8 Å². The van der Waals surface area contributed by atoms with Gasteiger partial charge in [0.1, 0.15) is 17.2 Å². The molecule has 0 spiro atoms. The summed E-state index contributed by atoms with van der Waals surface area (Å²) in [6, 6.07) is 2.97. The maximum Gasteiger partial charge on any atom is 0.354 e. The molecule has 7 nitrogen and oxygen atoms in total. The van der Waals surface area contributed by atoms with E-state index in [1.165, 1.54) is 6.92 Å². The molecule has 0 aliphatic heterocycles. The Balaban J connectivity index is 2.91. The van der Waals surface area contributed by atoms with Gasteiger partial charge in [0.15, 0.2) is 0 Å². The first-order valence-electron chi connectivity index (χ1n) is 5.37. The van der Waals surface area contributed by atoms with E-state index in [2.05, 4.69) is 15.3 Å². The SMILES string of the molecule is CCOC(=O)/C(C)=N/Nc1ccc(F)cc1[N+](=O)[O-]. The molecule has 1 rings (SSSR count). The number of carbonyl (C=O) groups is 1. The maximum absolute atomic E-state index is 12.9. The predicted molar refractivity (Wildman–Crippen MR) is 66.4 cm³/mol. The number of nitrogens with zero attached hydrogens (tertiary/aromatic N) is 2. The number of halogens is 1. The summed E-state index contributed by atoms with van der Waals surface area (Å²) in [7, 11) is 0. The standard InChI is InChI=1S/C11H12FN3O4/c1-3-19-11(16)7(2)13-14-9-5-4-8(12)6-10(9)15(17)18/h4-6,14H,3H2,1-2H3/b13-7+. The fourth-order valence-corrected chi connectivity index (χ4v) is 1.18. The van der Waals surface area contributed by atoms with Gasteiger partial charge in [-0.2, -0.15) is 5.10 Å². The molecule has 0 aliphatic carbocycles. The number of hydrazone groups is 1. The highest BCUT2D eigenvalue weighted by Crippen LogP contribution is 2.24. The molecule has 19 heavy (non-hydrogen) atoms. The van der Waals surface area contributed by atoms with E-state index in [1.807, 2.05) is 0 Å². The molecular weight excluding hydrogens is 257 g/mol. The number of rotatable bonds is 5. The van der Waals surface area contributed by atoms with Crippen LogP contribution in [0.1, 0.15) is 13.8 Å². The smallest absolute Gasteiger partial charge is 0.354 e. The number of esters is 1. The molecule has 102 valence electrons. The molecule has 0 saturated carbocycles. The summed E-state index contributed by atoms with van der Waals surface area (Å²) in [5, 5.41) is 14.4. The van der Waals surface area contributed by atoms with Gasteiger partial charge >= 0.3 is 5.97 Å². The summed E-state index contributed by atoms with van der Waals surface area (Å²) in [6.45, 7) is 3.23. The van der Waals surface area contributed by atoms with Crippen molar-refractivity contribution in [2.75, 3.05) is 12.0 Å². The van der Waals surface area contributed by atoms with Crippen LogP contribution in [0.25, 0.3) is 0 Å². The minimum atomic E-state index is -0.749. The first-order valence-corrected chi connectivity index (χ1v) is 5.37. The normalized spacial score (nSPS) is 11.0. The fourth-order valence-electron chi connectivity index (χ4n) is 1.18. The van der Waals surface area contributed by atoms with E-state index >= 15 is 0 Å². The van der Waals surface area contributed by atoms with Crippen molar-refractivity contribution in [2.45, 2.75) is 13.8 Å². The Hall–Kier alpha value is -2.51. The van der Waals surface area contributed by atoms with E-state index in [1.54, 1.807) is 6.92 Å². The van der Waals surface area contributed by atoms with Crippen molar-refractivity contribution < 1.29 is 18.8 Å². The Bertz CT molecular complexity index is 531. The third kappa shape index (κ3) is 4.02. The van der Waals surface area contributed by atoms with Crippen molar-refractivity contribution in [3.8, 4) is 0 Å². The van der Waals surface area contributed by atoms with Crippen molar-refractivity contribution >= 4 is 23.1 Å². The van der Waals surface area contributed by atoms with Crippen molar-refractivity contribution in [2.24, 2.45) is 5.10 Å². The number of hydrogen-bond donors (Lipinski definition) is 1. The van der Waals surface area contributed by atoms with Crippen LogP contribution in [0.2, 0.25) is 0 Å². The van der Waals surface area contributed by atoms with Gasteiger partial charge in [0.2, 0.25) is 0 Å². The van der Waals surface area contributed by atoms with Gasteiger partial charge in [0, 0.05) is 0 Å². The maximum atomic E-state index is 12.9. The summed E-state index contributed by atoms with van der Waals surface area (Å²) in [5.41, 5.74) is 1.85. The van der Waals surface area contributed by atoms with E-state index in [0.29, 0.717) is 0 Å². The van der Waals surface area contributed by atoms with Crippen LogP contribution in [-0.4, -0.2) is 23.2 Å². The molecule has 0 aromatic heterocycles. The molecule has 0 aliphatic rings. The highest BCUT2D eigenvalue weighted by molar-refractivity contribution is 6.35. The van der Waals surface area contributed by atoms with Crippen molar-refractivity contribution in [3.05, 3.63) is 34.1 Å². The van der Waals surface area contributed by atoms with Crippen LogP contribution in [-0.2, 0) is 9.53 Å². The number of hydrogen-bond acceptors (Lipinski definition) is 6. The summed E-state index contributed by atoms with van der Waals surface area (Å²) in [4.78, 5) is 21.2. The lowest BCUT2D eigenvalue weighted by molar-refractivity contribution is -0.384. The number of carbonyl (C=O) groups excluding carboxylic acids is 1. The number of nitro groups is 1. The zero-order chi connectivity index (χ0) is 14.4. The van der Waals surface area contributed by atoms with E-state index in [9.17, 15) is 19.3 Å². The average molecular weight is 269 g/mol. The van der Waals surface area contributed by atoms with E-state index in [0.717, 1.165) is 18.2 Å². The second kappa shape index (κ2) is 6.43. The minimum absolute atomic E-state index is 0.000438. The quantitative estimate of drug-likeness (QED) is 0.382. The second-order valence-electron chi connectivity index (χ2n) is 3.45. The van der Waals surface area contributed by atoms with E-state index in [4.69, 9.17) is 0 Å². The molecule has 0 atom stereocenters. The van der Waals surface area contributed by atoms with Gasteiger partial charge in [-0.25, -0.2) is 9.18 Å². The molecule has 1 N–H and O–H groups in total. The van der Waals surface area contributed by atoms with Crippen LogP contribution in [0, 0.1) is 15.9 Å². The number of ether oxygens (including phenoxy) is 1. The zero-order valence-electron chi connectivity index (χ0n) is 10.3. The van der Waals surface area contributed by atoms with E-state index < -0.39 is 22.4 Å². The molecule has 0 heterocycles.